The number of carbonyl (C=O) groups is 1. The molecule has 3 rings (SSSR count). The summed E-state index contributed by atoms with van der Waals surface area (Å²) < 4.78 is 0. The highest BCUT2D eigenvalue weighted by molar-refractivity contribution is 7.99. The van der Waals surface area contributed by atoms with E-state index in [4.69, 9.17) is 0 Å². The molecule has 0 unspecified atom stereocenters. The van der Waals surface area contributed by atoms with Gasteiger partial charge in [-0.25, -0.2) is 0 Å². The molecule has 0 fully saturated rings. The Morgan fingerprint density at radius 3 is 2.31 bits per heavy atom. The number of benzene rings is 3. The van der Waals surface area contributed by atoms with Gasteiger partial charge in [0.1, 0.15) is 11.6 Å². The van der Waals surface area contributed by atoms with Gasteiger partial charge in [0, 0.05) is 29.6 Å². The van der Waals surface area contributed by atoms with Gasteiger partial charge in [-0.3, -0.25) is 4.79 Å². The van der Waals surface area contributed by atoms with Crippen molar-refractivity contribution in [3.8, 4) is 6.07 Å². The molecule has 29 heavy (non-hydrogen) atoms. The van der Waals surface area contributed by atoms with Gasteiger partial charge in [0.2, 0.25) is 0 Å². The minimum absolute atomic E-state index is 0.0583. The van der Waals surface area contributed by atoms with E-state index in [-0.39, 0.29) is 5.57 Å². The number of nitrogens with zero attached hydrogens (tertiary/aromatic N) is 2. The third-order valence-electron chi connectivity index (χ3n) is 4.10. The summed E-state index contributed by atoms with van der Waals surface area (Å²) in [5.74, 6) is -0.423. The summed E-state index contributed by atoms with van der Waals surface area (Å²) in [4.78, 5) is 16.5. The van der Waals surface area contributed by atoms with Crippen LogP contribution in [0, 0.1) is 11.3 Å². The maximum absolute atomic E-state index is 12.7. The molecule has 0 saturated carbocycles. The molecule has 144 valence electrons. The Labute approximate surface area is 175 Å². The first-order valence-corrected chi connectivity index (χ1v) is 9.97. The van der Waals surface area contributed by atoms with Crippen molar-refractivity contribution in [2.75, 3.05) is 12.4 Å². The van der Waals surface area contributed by atoms with Gasteiger partial charge in [-0.15, -0.1) is 0 Å². The molecule has 0 bridgehead atoms. The third kappa shape index (κ3) is 6.00. The summed E-state index contributed by atoms with van der Waals surface area (Å²) in [5, 5.41) is 12.4. The second kappa shape index (κ2) is 10.2. The molecular weight excluding hydrogens is 378 g/mol. The van der Waals surface area contributed by atoms with E-state index < -0.39 is 5.91 Å². The fourth-order valence-corrected chi connectivity index (χ4v) is 3.66. The van der Waals surface area contributed by atoms with Crippen molar-refractivity contribution in [1.82, 2.24) is 4.90 Å². The Morgan fingerprint density at radius 2 is 1.62 bits per heavy atom. The Kier molecular flexibility index (Phi) is 7.10. The van der Waals surface area contributed by atoms with E-state index in [1.807, 2.05) is 103 Å². The van der Waals surface area contributed by atoms with Crippen molar-refractivity contribution in [2.45, 2.75) is 16.3 Å². The number of nitriles is 1. The van der Waals surface area contributed by atoms with Crippen molar-refractivity contribution in [3.05, 3.63) is 102 Å². The predicted molar refractivity (Wildman–Crippen MR) is 117 cm³/mol. The highest BCUT2D eigenvalue weighted by Crippen LogP contribution is 2.33. The van der Waals surface area contributed by atoms with Crippen LogP contribution in [-0.2, 0) is 11.3 Å². The topological polar surface area (TPSA) is 56.1 Å². The molecule has 5 heteroatoms. The predicted octanol–water partition coefficient (Wildman–Crippen LogP) is 5.32. The fourth-order valence-electron chi connectivity index (χ4n) is 2.74. The van der Waals surface area contributed by atoms with Crippen LogP contribution in [0.1, 0.15) is 5.56 Å². The van der Waals surface area contributed by atoms with Crippen molar-refractivity contribution in [3.63, 3.8) is 0 Å². The Bertz CT molecular complexity index is 1030. The lowest BCUT2D eigenvalue weighted by atomic mass is 10.2. The lowest BCUT2D eigenvalue weighted by Crippen LogP contribution is -2.18. The average molecular weight is 400 g/mol. The van der Waals surface area contributed by atoms with E-state index in [0.717, 1.165) is 15.4 Å². The van der Waals surface area contributed by atoms with Crippen LogP contribution >= 0.6 is 11.8 Å². The van der Waals surface area contributed by atoms with Crippen LogP contribution in [-0.4, -0.2) is 17.9 Å². The first kappa shape index (κ1) is 20.2. The highest BCUT2D eigenvalue weighted by atomic mass is 32.2. The molecule has 1 N–H and O–H groups in total. The number of hydrogen-bond acceptors (Lipinski definition) is 4. The SMILES string of the molecule is CN(/C=C(/C#N)C(=O)Nc1ccccc1Sc1ccccc1)Cc1ccccc1. The van der Waals surface area contributed by atoms with E-state index in [9.17, 15) is 10.1 Å². The molecule has 0 heterocycles. The minimum atomic E-state index is -0.423. The van der Waals surface area contributed by atoms with Crippen molar-refractivity contribution >= 4 is 23.4 Å². The number of carbonyl (C=O) groups excluding carboxylic acids is 1. The van der Waals surface area contributed by atoms with Gasteiger partial charge in [-0.05, 0) is 29.8 Å². The van der Waals surface area contributed by atoms with Gasteiger partial charge < -0.3 is 10.2 Å². The Morgan fingerprint density at radius 1 is 1.00 bits per heavy atom. The molecule has 0 aliphatic heterocycles. The maximum atomic E-state index is 12.7. The highest BCUT2D eigenvalue weighted by Gasteiger charge is 2.13. The Balaban J connectivity index is 1.72. The van der Waals surface area contributed by atoms with Crippen LogP contribution in [0.15, 0.2) is 106 Å². The van der Waals surface area contributed by atoms with Gasteiger partial charge in [0.05, 0.1) is 5.69 Å². The number of para-hydroxylation sites is 1. The van der Waals surface area contributed by atoms with Crippen LogP contribution in [0.2, 0.25) is 0 Å². The van der Waals surface area contributed by atoms with Crippen LogP contribution in [0.5, 0.6) is 0 Å². The van der Waals surface area contributed by atoms with E-state index in [1.54, 1.807) is 18.0 Å². The molecule has 0 saturated heterocycles. The molecular formula is C24H21N3OS. The standard InChI is InChI=1S/C24H21N3OS/c1-27(17-19-10-4-2-5-11-19)18-20(16-25)24(28)26-22-14-8-9-15-23(22)29-21-12-6-3-7-13-21/h2-15,18H,17H2,1H3,(H,26,28)/b20-18-. The maximum Gasteiger partial charge on any atom is 0.267 e. The van der Waals surface area contributed by atoms with Crippen molar-refractivity contribution < 1.29 is 4.79 Å². The molecule has 3 aromatic carbocycles. The number of hydrogen-bond donors (Lipinski definition) is 1. The molecule has 0 spiro atoms. The van der Waals surface area contributed by atoms with Crippen molar-refractivity contribution in [1.29, 1.82) is 5.26 Å². The molecule has 0 atom stereocenters. The zero-order chi connectivity index (χ0) is 20.5. The zero-order valence-electron chi connectivity index (χ0n) is 16.1. The third-order valence-corrected chi connectivity index (χ3v) is 5.18. The summed E-state index contributed by atoms with van der Waals surface area (Å²) >= 11 is 1.56. The van der Waals surface area contributed by atoms with E-state index in [2.05, 4.69) is 5.32 Å². The van der Waals surface area contributed by atoms with E-state index in [1.165, 1.54) is 0 Å². The summed E-state index contributed by atoms with van der Waals surface area (Å²) in [6, 6.07) is 29.4. The Hall–Kier alpha value is -3.49. The number of rotatable bonds is 7. The average Bonchev–Trinajstić information content (AvgIpc) is 2.75. The molecule has 0 radical (unpaired) electrons. The quantitative estimate of drug-likeness (QED) is 0.432. The van der Waals surface area contributed by atoms with Gasteiger partial charge in [-0.1, -0.05) is 72.4 Å². The molecule has 1 amide bonds. The van der Waals surface area contributed by atoms with Crippen molar-refractivity contribution in [2.24, 2.45) is 0 Å². The van der Waals surface area contributed by atoms with Gasteiger partial charge in [-0.2, -0.15) is 5.26 Å². The smallest absolute Gasteiger partial charge is 0.267 e. The lowest BCUT2D eigenvalue weighted by molar-refractivity contribution is -0.112. The number of anilines is 1. The summed E-state index contributed by atoms with van der Waals surface area (Å²) in [7, 11) is 1.84. The van der Waals surface area contributed by atoms with Crippen LogP contribution < -0.4 is 5.32 Å². The van der Waals surface area contributed by atoms with Crippen LogP contribution in [0.25, 0.3) is 0 Å². The second-order valence-electron chi connectivity index (χ2n) is 6.42. The summed E-state index contributed by atoms with van der Waals surface area (Å²) in [6.45, 7) is 0.611. The largest absolute Gasteiger partial charge is 0.375 e. The lowest BCUT2D eigenvalue weighted by Gasteiger charge is -2.15. The van der Waals surface area contributed by atoms with Crippen LogP contribution in [0.4, 0.5) is 5.69 Å². The fraction of sp³-hybridized carbons (Fsp3) is 0.0833. The minimum Gasteiger partial charge on any atom is -0.375 e. The molecule has 0 aliphatic rings. The monoisotopic (exact) mass is 399 g/mol. The van der Waals surface area contributed by atoms with E-state index >= 15 is 0 Å². The number of nitrogens with one attached hydrogen (secondary N) is 1. The normalized spacial score (nSPS) is 10.8. The van der Waals surface area contributed by atoms with Gasteiger partial charge >= 0.3 is 0 Å². The zero-order valence-corrected chi connectivity index (χ0v) is 16.9. The van der Waals surface area contributed by atoms with E-state index in [0.29, 0.717) is 12.2 Å². The van der Waals surface area contributed by atoms with Gasteiger partial charge in [0.15, 0.2) is 0 Å². The first-order valence-electron chi connectivity index (χ1n) is 9.15. The first-order chi connectivity index (χ1) is 14.2. The molecule has 4 nitrogen and oxygen atoms in total. The molecule has 0 aliphatic carbocycles. The summed E-state index contributed by atoms with van der Waals surface area (Å²) in [6.07, 6.45) is 1.58. The molecule has 3 aromatic rings. The second-order valence-corrected chi connectivity index (χ2v) is 7.54. The number of amides is 1. The van der Waals surface area contributed by atoms with Gasteiger partial charge in [0.25, 0.3) is 5.91 Å². The summed E-state index contributed by atoms with van der Waals surface area (Å²) in [5.41, 5.74) is 1.84. The molecule has 0 aromatic heterocycles. The van der Waals surface area contributed by atoms with Crippen LogP contribution in [0.3, 0.4) is 0 Å².